The second-order valence-electron chi connectivity index (χ2n) is 4.06. The maximum atomic E-state index is 12.0. The predicted octanol–water partition coefficient (Wildman–Crippen LogP) is 0.829. The smallest absolute Gasteiger partial charge is 0.278 e. The Morgan fingerprint density at radius 3 is 2.80 bits per heavy atom. The zero-order valence-corrected chi connectivity index (χ0v) is 11.7. The Kier molecular flexibility index (Phi) is 4.08. The van der Waals surface area contributed by atoms with Gasteiger partial charge < -0.3 is 5.73 Å². The van der Waals surface area contributed by atoms with E-state index in [1.165, 1.54) is 12.3 Å². The van der Waals surface area contributed by atoms with E-state index in [-0.39, 0.29) is 11.6 Å². The number of benzene rings is 1. The molecular weight excluding hydrogens is 276 g/mol. The van der Waals surface area contributed by atoms with Gasteiger partial charge in [-0.25, -0.2) is 0 Å². The van der Waals surface area contributed by atoms with Crippen molar-refractivity contribution in [1.29, 1.82) is 0 Å². The average Bonchev–Trinajstić information content (AvgIpc) is 2.92. The summed E-state index contributed by atoms with van der Waals surface area (Å²) in [4.78, 5) is 0. The monoisotopic (exact) mass is 290 g/mol. The first kappa shape index (κ1) is 14.1. The van der Waals surface area contributed by atoms with Crippen LogP contribution in [0.2, 0.25) is 0 Å². The third-order valence-electron chi connectivity index (χ3n) is 2.57. The van der Waals surface area contributed by atoms with Gasteiger partial charge in [0.25, 0.3) is 10.0 Å². The zero-order valence-electron chi connectivity index (χ0n) is 10.8. The fourth-order valence-electron chi connectivity index (χ4n) is 1.62. The van der Waals surface area contributed by atoms with Crippen molar-refractivity contribution in [1.82, 2.24) is 10.2 Å². The van der Waals surface area contributed by atoms with Crippen molar-refractivity contribution in [3.05, 3.63) is 41.6 Å². The molecule has 0 fully saturated rings. The molecule has 1 heterocycles. The number of nitrogens with one attached hydrogen (secondary N) is 2. The molecule has 7 heteroatoms. The lowest BCUT2D eigenvalue weighted by Crippen LogP contribution is -2.13. The fourth-order valence-corrected chi connectivity index (χ4v) is 2.58. The summed E-state index contributed by atoms with van der Waals surface area (Å²) in [6.07, 6.45) is 1.38. The van der Waals surface area contributed by atoms with Crippen LogP contribution in [0.1, 0.15) is 11.1 Å². The molecule has 0 radical (unpaired) electrons. The Labute approximate surface area is 117 Å². The van der Waals surface area contributed by atoms with E-state index >= 15 is 0 Å². The summed E-state index contributed by atoms with van der Waals surface area (Å²) in [7, 11) is -3.64. The maximum absolute atomic E-state index is 12.0. The van der Waals surface area contributed by atoms with Crippen LogP contribution in [-0.4, -0.2) is 25.2 Å². The van der Waals surface area contributed by atoms with Crippen LogP contribution >= 0.6 is 0 Å². The highest BCUT2D eigenvalue weighted by Crippen LogP contribution is 2.17. The van der Waals surface area contributed by atoms with E-state index in [2.05, 4.69) is 26.8 Å². The molecule has 104 valence electrons. The highest BCUT2D eigenvalue weighted by Gasteiger charge is 2.15. The molecule has 0 saturated heterocycles. The Balaban J connectivity index is 2.25. The SMILES string of the molecule is Cc1cc(NS(=O)(=O)c2ccn[nH]2)ccc1C#CCN. The third-order valence-corrected chi connectivity index (χ3v) is 3.88. The summed E-state index contributed by atoms with van der Waals surface area (Å²) in [6, 6.07) is 6.51. The number of hydrogen-bond acceptors (Lipinski definition) is 4. The van der Waals surface area contributed by atoms with Gasteiger partial charge in [0.05, 0.1) is 12.7 Å². The van der Waals surface area contributed by atoms with E-state index in [0.29, 0.717) is 5.69 Å². The predicted molar refractivity (Wildman–Crippen MR) is 76.5 cm³/mol. The van der Waals surface area contributed by atoms with Crippen molar-refractivity contribution in [2.24, 2.45) is 5.73 Å². The van der Waals surface area contributed by atoms with Crippen LogP contribution in [0.3, 0.4) is 0 Å². The molecule has 0 unspecified atom stereocenters. The third kappa shape index (κ3) is 3.17. The summed E-state index contributed by atoms with van der Waals surface area (Å²) in [5, 5.41) is 6.05. The number of H-pyrrole nitrogens is 1. The van der Waals surface area contributed by atoms with E-state index in [0.717, 1.165) is 11.1 Å². The lowest BCUT2D eigenvalue weighted by Gasteiger charge is -2.07. The van der Waals surface area contributed by atoms with Crippen LogP contribution < -0.4 is 10.5 Å². The molecule has 1 aromatic carbocycles. The molecule has 0 bridgehead atoms. The number of aromatic nitrogens is 2. The average molecular weight is 290 g/mol. The number of sulfonamides is 1. The fraction of sp³-hybridized carbons (Fsp3) is 0.154. The van der Waals surface area contributed by atoms with Crippen LogP contribution in [0.5, 0.6) is 0 Å². The molecular formula is C13H14N4O2S. The lowest BCUT2D eigenvalue weighted by atomic mass is 10.1. The first-order valence-electron chi connectivity index (χ1n) is 5.85. The molecule has 4 N–H and O–H groups in total. The summed E-state index contributed by atoms with van der Waals surface area (Å²) < 4.78 is 26.5. The van der Waals surface area contributed by atoms with E-state index in [4.69, 9.17) is 5.73 Å². The Hall–Kier alpha value is -2.30. The molecule has 0 atom stereocenters. The van der Waals surface area contributed by atoms with Crippen LogP contribution in [0.25, 0.3) is 0 Å². The number of anilines is 1. The summed E-state index contributed by atoms with van der Waals surface area (Å²) in [6.45, 7) is 2.14. The van der Waals surface area contributed by atoms with Crippen molar-refractivity contribution in [2.45, 2.75) is 11.9 Å². The lowest BCUT2D eigenvalue weighted by molar-refractivity contribution is 0.597. The van der Waals surface area contributed by atoms with Crippen LogP contribution in [0.4, 0.5) is 5.69 Å². The van der Waals surface area contributed by atoms with Crippen molar-refractivity contribution in [2.75, 3.05) is 11.3 Å². The minimum atomic E-state index is -3.64. The minimum Gasteiger partial charge on any atom is -0.320 e. The van der Waals surface area contributed by atoms with Crippen molar-refractivity contribution < 1.29 is 8.42 Å². The van der Waals surface area contributed by atoms with Gasteiger partial charge in [-0.05, 0) is 36.8 Å². The first-order chi connectivity index (χ1) is 9.53. The number of aromatic amines is 1. The molecule has 20 heavy (non-hydrogen) atoms. The van der Waals surface area contributed by atoms with E-state index in [1.807, 2.05) is 6.92 Å². The van der Waals surface area contributed by atoms with E-state index < -0.39 is 10.0 Å². The minimum absolute atomic E-state index is 0.0159. The zero-order chi connectivity index (χ0) is 14.6. The van der Waals surface area contributed by atoms with Gasteiger partial charge in [0.1, 0.15) is 0 Å². The van der Waals surface area contributed by atoms with Crippen LogP contribution in [-0.2, 0) is 10.0 Å². The van der Waals surface area contributed by atoms with Gasteiger partial charge in [0, 0.05) is 11.3 Å². The van der Waals surface area contributed by atoms with Crippen molar-refractivity contribution >= 4 is 15.7 Å². The highest BCUT2D eigenvalue weighted by molar-refractivity contribution is 7.92. The Bertz CT molecular complexity index is 755. The summed E-state index contributed by atoms with van der Waals surface area (Å²) >= 11 is 0. The molecule has 0 amide bonds. The number of hydrogen-bond donors (Lipinski definition) is 3. The Morgan fingerprint density at radius 1 is 1.40 bits per heavy atom. The van der Waals surface area contributed by atoms with Gasteiger partial charge >= 0.3 is 0 Å². The number of rotatable bonds is 3. The molecule has 1 aromatic heterocycles. The van der Waals surface area contributed by atoms with Gasteiger partial charge in [-0.2, -0.15) is 13.5 Å². The highest BCUT2D eigenvalue weighted by atomic mass is 32.2. The van der Waals surface area contributed by atoms with Gasteiger partial charge in [0.15, 0.2) is 5.03 Å². The molecule has 0 saturated carbocycles. The van der Waals surface area contributed by atoms with Gasteiger partial charge in [-0.1, -0.05) is 11.8 Å². The molecule has 6 nitrogen and oxygen atoms in total. The number of nitrogens with zero attached hydrogens (tertiary/aromatic N) is 1. The van der Waals surface area contributed by atoms with E-state index in [1.54, 1.807) is 18.2 Å². The van der Waals surface area contributed by atoms with Gasteiger partial charge in [0.2, 0.25) is 0 Å². The molecule has 0 aliphatic rings. The van der Waals surface area contributed by atoms with Crippen molar-refractivity contribution in [3.8, 4) is 11.8 Å². The first-order valence-corrected chi connectivity index (χ1v) is 7.33. The van der Waals surface area contributed by atoms with Crippen LogP contribution in [0, 0.1) is 18.8 Å². The van der Waals surface area contributed by atoms with Crippen LogP contribution in [0.15, 0.2) is 35.5 Å². The molecule has 2 aromatic rings. The van der Waals surface area contributed by atoms with Gasteiger partial charge in [-0.3, -0.25) is 9.82 Å². The second-order valence-corrected chi connectivity index (χ2v) is 5.71. The molecule has 0 spiro atoms. The largest absolute Gasteiger partial charge is 0.320 e. The second kappa shape index (κ2) is 5.77. The number of nitrogens with two attached hydrogens (primary N) is 1. The van der Waals surface area contributed by atoms with Gasteiger partial charge in [-0.15, -0.1) is 0 Å². The molecule has 2 rings (SSSR count). The molecule has 0 aliphatic heterocycles. The molecule has 0 aliphatic carbocycles. The van der Waals surface area contributed by atoms with Crippen molar-refractivity contribution in [3.63, 3.8) is 0 Å². The van der Waals surface area contributed by atoms with E-state index in [9.17, 15) is 8.42 Å². The number of aryl methyl sites for hydroxylation is 1. The maximum Gasteiger partial charge on any atom is 0.278 e. The Morgan fingerprint density at radius 2 is 2.20 bits per heavy atom. The summed E-state index contributed by atoms with van der Waals surface area (Å²) in [5.41, 5.74) is 7.48. The summed E-state index contributed by atoms with van der Waals surface area (Å²) in [5.74, 6) is 5.68. The quantitative estimate of drug-likeness (QED) is 0.729. The standard InChI is InChI=1S/C13H14N4O2S/c1-10-9-12(5-4-11(10)3-2-7-14)17-20(18,19)13-6-8-15-16-13/h4-6,8-9,17H,7,14H2,1H3,(H,15,16). The topological polar surface area (TPSA) is 101 Å². The normalized spacial score (nSPS) is 10.7.